The number of ether oxygens (including phenoxy) is 2. The zero-order chi connectivity index (χ0) is 27.5. The predicted molar refractivity (Wildman–Crippen MR) is 168 cm³/mol. The monoisotopic (exact) mass is 644 g/mol. The van der Waals surface area contributed by atoms with Crippen LogP contribution in [-0.4, -0.2) is 12.8 Å². The van der Waals surface area contributed by atoms with Gasteiger partial charge < -0.3 is 14.8 Å². The number of nitrogens with one attached hydrogen (secondary N) is 1. The van der Waals surface area contributed by atoms with E-state index in [4.69, 9.17) is 14.5 Å². The van der Waals surface area contributed by atoms with Gasteiger partial charge in [-0.2, -0.15) is 0 Å². The van der Waals surface area contributed by atoms with Crippen molar-refractivity contribution < 1.29 is 13.9 Å². The summed E-state index contributed by atoms with van der Waals surface area (Å²) in [6, 6.07) is 28.0. The van der Waals surface area contributed by atoms with Gasteiger partial charge in [-0.05, 0) is 94.9 Å². The van der Waals surface area contributed by atoms with Gasteiger partial charge in [0.2, 0.25) is 0 Å². The van der Waals surface area contributed by atoms with Gasteiger partial charge in [0.15, 0.2) is 11.5 Å². The topological polar surface area (TPSA) is 42.8 Å². The molecule has 1 aliphatic carbocycles. The van der Waals surface area contributed by atoms with Crippen molar-refractivity contribution in [2.45, 2.75) is 31.9 Å². The molecule has 0 saturated carbocycles. The number of nitrogens with zero attached hydrogens (tertiary/aromatic N) is 1. The number of rotatable bonds is 8. The van der Waals surface area contributed by atoms with Crippen molar-refractivity contribution in [1.29, 1.82) is 0 Å². The highest BCUT2D eigenvalue weighted by atomic mass is 127. The van der Waals surface area contributed by atoms with Crippen LogP contribution in [0.2, 0.25) is 0 Å². The van der Waals surface area contributed by atoms with Crippen molar-refractivity contribution in [2.75, 3.05) is 11.9 Å². The minimum absolute atomic E-state index is 0.127. The summed E-state index contributed by atoms with van der Waals surface area (Å²) >= 11 is 2.23. The van der Waals surface area contributed by atoms with Crippen LogP contribution in [0.15, 0.2) is 102 Å². The Morgan fingerprint density at radius 3 is 2.62 bits per heavy atom. The predicted octanol–water partition coefficient (Wildman–Crippen LogP) is 8.99. The van der Waals surface area contributed by atoms with Gasteiger partial charge in [0.25, 0.3) is 0 Å². The first kappa shape index (κ1) is 26.6. The zero-order valence-corrected chi connectivity index (χ0v) is 24.3. The summed E-state index contributed by atoms with van der Waals surface area (Å²) in [6.07, 6.45) is 7.60. The Morgan fingerprint density at radius 2 is 1.80 bits per heavy atom. The fraction of sp³-hybridized carbons (Fsp3) is 0.206. The number of benzene rings is 4. The first-order chi connectivity index (χ1) is 19.6. The Hall–Kier alpha value is -3.65. The average molecular weight is 645 g/mol. The Labute approximate surface area is 248 Å². The van der Waals surface area contributed by atoms with E-state index in [1.807, 2.05) is 25.3 Å². The SMILES string of the molecule is CCOc1cc(C=Nc2ccc([C@@H]3Nc4ccccc4[C@@H]4C=CC[C@@H]43)cc2)cc(I)c1OCc1ccccc1F. The van der Waals surface area contributed by atoms with Crippen LogP contribution in [-0.2, 0) is 6.61 Å². The Morgan fingerprint density at radius 1 is 1.00 bits per heavy atom. The third kappa shape index (κ3) is 5.50. The van der Waals surface area contributed by atoms with E-state index in [9.17, 15) is 4.39 Å². The molecule has 0 bridgehead atoms. The second kappa shape index (κ2) is 11.8. The van der Waals surface area contributed by atoms with Crippen molar-refractivity contribution in [2.24, 2.45) is 10.9 Å². The third-order valence-corrected chi connectivity index (χ3v) is 8.35. The van der Waals surface area contributed by atoms with Crippen molar-refractivity contribution in [3.63, 3.8) is 0 Å². The first-order valence-electron chi connectivity index (χ1n) is 13.6. The van der Waals surface area contributed by atoms with E-state index < -0.39 is 0 Å². The molecule has 40 heavy (non-hydrogen) atoms. The van der Waals surface area contributed by atoms with E-state index in [0.29, 0.717) is 35.5 Å². The molecule has 3 atom stereocenters. The molecule has 0 saturated heterocycles. The molecule has 0 spiro atoms. The molecule has 0 unspecified atom stereocenters. The molecule has 202 valence electrons. The molecule has 0 aromatic heterocycles. The van der Waals surface area contributed by atoms with Crippen LogP contribution in [0.1, 0.15) is 47.6 Å². The summed E-state index contributed by atoms with van der Waals surface area (Å²) in [7, 11) is 0. The summed E-state index contributed by atoms with van der Waals surface area (Å²) in [4.78, 5) is 4.74. The van der Waals surface area contributed by atoms with Gasteiger partial charge in [-0.15, -0.1) is 0 Å². The van der Waals surface area contributed by atoms with E-state index in [1.165, 1.54) is 22.9 Å². The number of hydrogen-bond donors (Lipinski definition) is 1. The molecule has 1 heterocycles. The molecular formula is C34H30FIN2O2. The lowest BCUT2D eigenvalue weighted by atomic mass is 9.77. The minimum atomic E-state index is -0.283. The maximum atomic E-state index is 14.1. The zero-order valence-electron chi connectivity index (χ0n) is 22.2. The van der Waals surface area contributed by atoms with Gasteiger partial charge in [-0.25, -0.2) is 4.39 Å². The standard InChI is InChI=1S/C34H30FIN2O2/c1-2-39-32-19-22(18-30(36)34(32)40-21-24-8-3-5-12-29(24)35)20-37-25-16-14-23(15-17-25)33-28-11-7-10-26(28)27-9-4-6-13-31(27)38-33/h3-10,12-20,26,28,33,38H,2,11,21H2,1H3/t26-,28-,33-/m0/s1. The lowest BCUT2D eigenvalue weighted by molar-refractivity contribution is 0.264. The molecule has 0 fully saturated rings. The van der Waals surface area contributed by atoms with Crippen molar-refractivity contribution in [3.05, 3.63) is 129 Å². The minimum Gasteiger partial charge on any atom is -0.490 e. The molecular weight excluding hydrogens is 614 g/mol. The number of fused-ring (bicyclic) bond motifs is 3. The fourth-order valence-corrected chi connectivity index (χ4v) is 6.40. The maximum Gasteiger partial charge on any atom is 0.175 e. The van der Waals surface area contributed by atoms with Gasteiger partial charge in [-0.3, -0.25) is 4.99 Å². The number of anilines is 1. The number of aliphatic imine (C=N–C) groups is 1. The summed E-state index contributed by atoms with van der Waals surface area (Å²) in [5.41, 5.74) is 6.18. The van der Waals surface area contributed by atoms with Crippen LogP contribution >= 0.6 is 22.6 Å². The van der Waals surface area contributed by atoms with Crippen LogP contribution in [0.3, 0.4) is 0 Å². The van der Waals surface area contributed by atoms with Gasteiger partial charge >= 0.3 is 0 Å². The largest absolute Gasteiger partial charge is 0.490 e. The summed E-state index contributed by atoms with van der Waals surface area (Å²) < 4.78 is 26.8. The molecule has 4 nitrogen and oxygen atoms in total. The van der Waals surface area contributed by atoms with Crippen LogP contribution in [0.4, 0.5) is 15.8 Å². The van der Waals surface area contributed by atoms with Crippen LogP contribution < -0.4 is 14.8 Å². The quantitative estimate of drug-likeness (QED) is 0.118. The molecule has 6 rings (SSSR count). The van der Waals surface area contributed by atoms with Crippen LogP contribution in [0.25, 0.3) is 0 Å². The molecule has 1 aliphatic heterocycles. The Balaban J connectivity index is 1.18. The molecule has 4 aromatic rings. The van der Waals surface area contributed by atoms with Gasteiger partial charge in [0.1, 0.15) is 12.4 Å². The van der Waals surface area contributed by atoms with E-state index in [1.54, 1.807) is 18.2 Å². The highest BCUT2D eigenvalue weighted by molar-refractivity contribution is 14.1. The molecule has 4 aromatic carbocycles. The molecule has 0 radical (unpaired) electrons. The second-order valence-corrected chi connectivity index (χ2v) is 11.2. The number of allylic oxidation sites excluding steroid dienone is 2. The second-order valence-electron chi connectivity index (χ2n) is 10.1. The van der Waals surface area contributed by atoms with Gasteiger partial charge in [0.05, 0.1) is 21.9 Å². The normalized spacial score (nSPS) is 19.2. The van der Waals surface area contributed by atoms with Crippen molar-refractivity contribution in [3.8, 4) is 11.5 Å². The van der Waals surface area contributed by atoms with Crippen LogP contribution in [0, 0.1) is 15.3 Å². The smallest absolute Gasteiger partial charge is 0.175 e. The highest BCUT2D eigenvalue weighted by Crippen LogP contribution is 2.49. The number of halogens is 2. The van der Waals surface area contributed by atoms with E-state index in [2.05, 4.69) is 88.6 Å². The lowest BCUT2D eigenvalue weighted by Gasteiger charge is -2.37. The maximum absolute atomic E-state index is 14.1. The van der Waals surface area contributed by atoms with E-state index in [0.717, 1.165) is 21.2 Å². The number of hydrogen-bond acceptors (Lipinski definition) is 4. The molecule has 0 amide bonds. The van der Waals surface area contributed by atoms with E-state index in [-0.39, 0.29) is 18.5 Å². The fourth-order valence-electron chi connectivity index (χ4n) is 5.62. The van der Waals surface area contributed by atoms with Crippen LogP contribution in [0.5, 0.6) is 11.5 Å². The Kier molecular flexibility index (Phi) is 7.86. The van der Waals surface area contributed by atoms with E-state index >= 15 is 0 Å². The van der Waals surface area contributed by atoms with Gasteiger partial charge in [-0.1, -0.05) is 60.7 Å². The lowest BCUT2D eigenvalue weighted by Crippen LogP contribution is -2.28. The van der Waals surface area contributed by atoms with Gasteiger partial charge in [0, 0.05) is 23.4 Å². The third-order valence-electron chi connectivity index (χ3n) is 7.55. The van der Waals surface area contributed by atoms with Crippen molar-refractivity contribution >= 4 is 40.2 Å². The molecule has 2 aliphatic rings. The number of para-hydroxylation sites is 1. The summed E-state index contributed by atoms with van der Waals surface area (Å²) in [6.45, 7) is 2.55. The molecule has 1 N–H and O–H groups in total. The summed E-state index contributed by atoms with van der Waals surface area (Å²) in [5.74, 6) is 1.91. The average Bonchev–Trinajstić information content (AvgIpc) is 3.47. The summed E-state index contributed by atoms with van der Waals surface area (Å²) in [5, 5.41) is 3.79. The highest BCUT2D eigenvalue weighted by Gasteiger charge is 2.37. The first-order valence-corrected chi connectivity index (χ1v) is 14.7. The van der Waals surface area contributed by atoms with Crippen molar-refractivity contribution in [1.82, 2.24) is 0 Å². The molecule has 6 heteroatoms. The Bertz CT molecular complexity index is 1570.